The fourth-order valence-corrected chi connectivity index (χ4v) is 2.19. The van der Waals surface area contributed by atoms with Gasteiger partial charge in [-0.3, -0.25) is 0 Å². The number of nitrogens with two attached hydrogens (primary N) is 1. The van der Waals surface area contributed by atoms with Crippen molar-refractivity contribution in [3.63, 3.8) is 0 Å². The van der Waals surface area contributed by atoms with E-state index in [1.807, 2.05) is 4.90 Å². The Kier molecular flexibility index (Phi) is 3.42. The topological polar surface area (TPSA) is 95.6 Å². The van der Waals surface area contributed by atoms with Crippen LogP contribution in [0.4, 0.5) is 16.6 Å². The van der Waals surface area contributed by atoms with E-state index < -0.39 is 6.09 Å². The average Bonchev–Trinajstić information content (AvgIpc) is 2.75. The van der Waals surface area contributed by atoms with Crippen LogP contribution in [0, 0.1) is 0 Å². The van der Waals surface area contributed by atoms with E-state index in [9.17, 15) is 4.79 Å². The van der Waals surface area contributed by atoms with Crippen LogP contribution in [0.1, 0.15) is 6.42 Å². The maximum Gasteiger partial charge on any atom is 0.407 e. The van der Waals surface area contributed by atoms with E-state index in [1.54, 1.807) is 13.1 Å². The zero-order chi connectivity index (χ0) is 13.3. The summed E-state index contributed by atoms with van der Waals surface area (Å²) in [4.78, 5) is 22.0. The number of carboxylic acid groups (broad SMARTS) is 1. The molecule has 3 N–H and O–H groups in total. The molecule has 1 aromatic rings. The molecule has 0 aromatic carbocycles. The molecule has 1 atom stereocenters. The molecular formula is C10H14ClN5O2. The van der Waals surface area contributed by atoms with Crippen LogP contribution in [0.5, 0.6) is 0 Å². The number of anilines is 2. The third kappa shape index (κ3) is 2.56. The molecular weight excluding hydrogens is 258 g/mol. The summed E-state index contributed by atoms with van der Waals surface area (Å²) in [6.07, 6.45) is -0.174. The second-order valence-electron chi connectivity index (χ2n) is 4.19. The SMILES string of the molecule is CN(C(=O)O)C1CCN(c2cc(Cl)nc(N)n2)C1. The normalized spacial score (nSPS) is 19.0. The minimum Gasteiger partial charge on any atom is -0.465 e. The highest BCUT2D eigenvalue weighted by Gasteiger charge is 2.29. The van der Waals surface area contributed by atoms with Gasteiger partial charge >= 0.3 is 6.09 Å². The standard InChI is InChI=1S/C10H14ClN5O2/c1-15(10(17)18)6-2-3-16(5-6)8-4-7(11)13-9(12)14-8/h4,6H,2-3,5H2,1H3,(H,17,18)(H2,12,13,14). The first-order valence-corrected chi connectivity index (χ1v) is 5.86. The Labute approximate surface area is 109 Å². The van der Waals surface area contributed by atoms with Gasteiger partial charge in [0.15, 0.2) is 0 Å². The molecule has 1 aromatic heterocycles. The second kappa shape index (κ2) is 4.85. The van der Waals surface area contributed by atoms with Gasteiger partial charge in [-0.05, 0) is 6.42 Å². The number of nitrogens with zero attached hydrogens (tertiary/aromatic N) is 4. The molecule has 0 bridgehead atoms. The highest BCUT2D eigenvalue weighted by Crippen LogP contribution is 2.23. The first-order chi connectivity index (χ1) is 8.47. The highest BCUT2D eigenvalue weighted by atomic mass is 35.5. The van der Waals surface area contributed by atoms with Gasteiger partial charge in [-0.1, -0.05) is 11.6 Å². The van der Waals surface area contributed by atoms with E-state index >= 15 is 0 Å². The molecule has 0 aliphatic carbocycles. The maximum atomic E-state index is 10.9. The molecule has 2 heterocycles. The predicted molar refractivity (Wildman–Crippen MR) is 67.9 cm³/mol. The third-order valence-corrected chi connectivity index (χ3v) is 3.23. The van der Waals surface area contributed by atoms with Crippen molar-refractivity contribution in [3.8, 4) is 0 Å². The summed E-state index contributed by atoms with van der Waals surface area (Å²) in [5, 5.41) is 9.21. The smallest absolute Gasteiger partial charge is 0.407 e. The number of hydrogen-bond acceptors (Lipinski definition) is 5. The molecule has 2 rings (SSSR count). The summed E-state index contributed by atoms with van der Waals surface area (Å²) < 4.78 is 0. The van der Waals surface area contributed by atoms with E-state index in [2.05, 4.69) is 9.97 Å². The number of likely N-dealkylation sites (N-methyl/N-ethyl adjacent to an activating group) is 1. The summed E-state index contributed by atoms with van der Waals surface area (Å²) in [7, 11) is 1.57. The van der Waals surface area contributed by atoms with Crippen molar-refractivity contribution < 1.29 is 9.90 Å². The van der Waals surface area contributed by atoms with Gasteiger partial charge in [0, 0.05) is 26.2 Å². The number of halogens is 1. The van der Waals surface area contributed by atoms with Gasteiger partial charge in [0.05, 0.1) is 6.04 Å². The molecule has 0 spiro atoms. The van der Waals surface area contributed by atoms with Gasteiger partial charge in [-0.15, -0.1) is 0 Å². The largest absolute Gasteiger partial charge is 0.465 e. The summed E-state index contributed by atoms with van der Waals surface area (Å²) in [5.41, 5.74) is 5.53. The van der Waals surface area contributed by atoms with Gasteiger partial charge in [0.25, 0.3) is 0 Å². The number of aromatic nitrogens is 2. The minimum atomic E-state index is -0.929. The van der Waals surface area contributed by atoms with Crippen molar-refractivity contribution in [3.05, 3.63) is 11.2 Å². The Morgan fingerprint density at radius 1 is 1.67 bits per heavy atom. The zero-order valence-corrected chi connectivity index (χ0v) is 10.6. The third-order valence-electron chi connectivity index (χ3n) is 3.04. The molecule has 0 saturated carbocycles. The van der Waals surface area contributed by atoms with Crippen LogP contribution in [0.25, 0.3) is 0 Å². The van der Waals surface area contributed by atoms with Crippen molar-refractivity contribution in [1.29, 1.82) is 0 Å². The number of hydrogen-bond donors (Lipinski definition) is 2. The Bertz CT molecular complexity index is 449. The van der Waals surface area contributed by atoms with Crippen LogP contribution in [0.15, 0.2) is 6.07 Å². The summed E-state index contributed by atoms with van der Waals surface area (Å²) in [5.74, 6) is 0.751. The Morgan fingerprint density at radius 3 is 3.00 bits per heavy atom. The fourth-order valence-electron chi connectivity index (χ4n) is 2.01. The Morgan fingerprint density at radius 2 is 2.39 bits per heavy atom. The second-order valence-corrected chi connectivity index (χ2v) is 4.58. The molecule has 8 heteroatoms. The molecule has 0 radical (unpaired) electrons. The minimum absolute atomic E-state index is 0.0440. The number of amides is 1. The van der Waals surface area contributed by atoms with Gasteiger partial charge < -0.3 is 20.6 Å². The van der Waals surface area contributed by atoms with Crippen LogP contribution in [-0.2, 0) is 0 Å². The number of rotatable bonds is 2. The summed E-state index contributed by atoms with van der Waals surface area (Å²) in [6.45, 7) is 1.30. The van der Waals surface area contributed by atoms with E-state index in [1.165, 1.54) is 4.90 Å². The lowest BCUT2D eigenvalue weighted by molar-refractivity contribution is 0.142. The lowest BCUT2D eigenvalue weighted by Crippen LogP contribution is -2.38. The number of nitrogen functional groups attached to an aromatic ring is 1. The van der Waals surface area contributed by atoms with Gasteiger partial charge in [0.1, 0.15) is 11.0 Å². The molecule has 1 amide bonds. The molecule has 7 nitrogen and oxygen atoms in total. The zero-order valence-electron chi connectivity index (χ0n) is 9.88. The maximum absolute atomic E-state index is 10.9. The van der Waals surface area contributed by atoms with Crippen LogP contribution in [-0.4, -0.2) is 52.2 Å². The van der Waals surface area contributed by atoms with Gasteiger partial charge in [-0.2, -0.15) is 4.98 Å². The van der Waals surface area contributed by atoms with E-state index in [0.717, 1.165) is 13.0 Å². The van der Waals surface area contributed by atoms with Crippen LogP contribution >= 0.6 is 11.6 Å². The summed E-state index contributed by atoms with van der Waals surface area (Å²) >= 11 is 5.82. The Hall–Kier alpha value is -1.76. The monoisotopic (exact) mass is 271 g/mol. The lowest BCUT2D eigenvalue weighted by atomic mass is 10.2. The van der Waals surface area contributed by atoms with E-state index in [0.29, 0.717) is 12.4 Å². The molecule has 1 aliphatic rings. The quantitative estimate of drug-likeness (QED) is 0.776. The molecule has 98 valence electrons. The highest BCUT2D eigenvalue weighted by molar-refractivity contribution is 6.29. The molecule has 1 fully saturated rings. The first kappa shape index (κ1) is 12.7. The van der Waals surface area contributed by atoms with Gasteiger partial charge in [0.2, 0.25) is 5.95 Å². The van der Waals surface area contributed by atoms with Crippen molar-refractivity contribution in [2.24, 2.45) is 0 Å². The van der Waals surface area contributed by atoms with Crippen molar-refractivity contribution in [2.45, 2.75) is 12.5 Å². The Balaban J connectivity index is 2.11. The summed E-state index contributed by atoms with van der Waals surface area (Å²) in [6, 6.07) is 1.58. The molecule has 18 heavy (non-hydrogen) atoms. The van der Waals surface area contributed by atoms with E-state index in [4.69, 9.17) is 22.4 Å². The van der Waals surface area contributed by atoms with Crippen molar-refractivity contribution in [2.75, 3.05) is 30.8 Å². The van der Waals surface area contributed by atoms with Crippen LogP contribution < -0.4 is 10.6 Å². The van der Waals surface area contributed by atoms with Crippen LogP contribution in [0.3, 0.4) is 0 Å². The predicted octanol–water partition coefficient (Wildman–Crippen LogP) is 0.901. The molecule has 1 aliphatic heterocycles. The number of carbonyl (C=O) groups is 1. The van der Waals surface area contributed by atoms with Crippen LogP contribution in [0.2, 0.25) is 5.15 Å². The fraction of sp³-hybridized carbons (Fsp3) is 0.500. The molecule has 1 unspecified atom stereocenters. The van der Waals surface area contributed by atoms with E-state index in [-0.39, 0.29) is 17.1 Å². The molecule has 1 saturated heterocycles. The van der Waals surface area contributed by atoms with Crippen molar-refractivity contribution in [1.82, 2.24) is 14.9 Å². The van der Waals surface area contributed by atoms with Gasteiger partial charge in [-0.25, -0.2) is 9.78 Å². The first-order valence-electron chi connectivity index (χ1n) is 5.48. The van der Waals surface area contributed by atoms with Crippen molar-refractivity contribution >= 4 is 29.5 Å². The average molecular weight is 272 g/mol. The lowest BCUT2D eigenvalue weighted by Gasteiger charge is -2.22.